The Hall–Kier alpha value is -1.00. The Bertz CT molecular complexity index is 642. The van der Waals surface area contributed by atoms with Crippen molar-refractivity contribution in [2.45, 2.75) is 114 Å². The summed E-state index contributed by atoms with van der Waals surface area (Å²) in [5.41, 5.74) is 0.924. The molecule has 0 atom stereocenters. The maximum Gasteiger partial charge on any atom is 0.322 e. The van der Waals surface area contributed by atoms with Crippen molar-refractivity contribution in [3.63, 3.8) is 0 Å². The molecule has 1 aromatic carbocycles. The van der Waals surface area contributed by atoms with Crippen molar-refractivity contribution in [1.82, 2.24) is 4.90 Å². The van der Waals surface area contributed by atoms with Crippen LogP contribution in [0.5, 0.6) is 0 Å². The minimum absolute atomic E-state index is 0.164. The summed E-state index contributed by atoms with van der Waals surface area (Å²) in [6, 6.07) is 9.56. The molecule has 0 aromatic heterocycles. The lowest BCUT2D eigenvalue weighted by Gasteiger charge is -2.34. The number of carbonyl (C=O) groups is 1. The molecule has 1 aliphatic carbocycles. The highest BCUT2D eigenvalue weighted by molar-refractivity contribution is 8.01. The first-order chi connectivity index (χ1) is 14.1. The van der Waals surface area contributed by atoms with E-state index in [1.54, 1.807) is 11.8 Å². The van der Waals surface area contributed by atoms with Crippen molar-refractivity contribution in [3.05, 3.63) is 29.8 Å². The fraction of sp³-hybridized carbons (Fsp3) is 0.731. The molecule has 0 unspecified atom stereocenters. The summed E-state index contributed by atoms with van der Waals surface area (Å²) in [5.74, 6) is -0.164. The number of rotatable bonds is 10. The highest BCUT2D eigenvalue weighted by atomic mass is 32.2. The lowest BCUT2D eigenvalue weighted by atomic mass is 9.93. The third-order valence-corrected chi connectivity index (χ3v) is 6.95. The summed E-state index contributed by atoms with van der Waals surface area (Å²) in [5, 5.41) is 0. The van der Waals surface area contributed by atoms with Gasteiger partial charge in [-0.2, -0.15) is 0 Å². The van der Waals surface area contributed by atoms with E-state index in [9.17, 15) is 4.79 Å². The molecule has 0 N–H and O–H groups in total. The minimum Gasteiger partial charge on any atom is -0.459 e. The van der Waals surface area contributed by atoms with Crippen LogP contribution in [0.3, 0.4) is 0 Å². The zero-order valence-electron chi connectivity index (χ0n) is 20.1. The monoisotopic (exact) mass is 433 g/mol. The molecule has 3 nitrogen and oxygen atoms in total. The summed E-state index contributed by atoms with van der Waals surface area (Å²) in [6.07, 6.45) is 10.6. The van der Waals surface area contributed by atoms with E-state index in [1.165, 1.54) is 57.1 Å². The molecule has 1 fully saturated rings. The molecule has 0 heterocycles. The smallest absolute Gasteiger partial charge is 0.322 e. The van der Waals surface area contributed by atoms with Crippen LogP contribution in [0.2, 0.25) is 0 Å². The molecule has 2 rings (SSSR count). The number of nitrogens with zero attached hydrogens (tertiary/aromatic N) is 1. The summed E-state index contributed by atoms with van der Waals surface area (Å²) in [6.45, 7) is 14.3. The number of thioether (sulfide) groups is 1. The van der Waals surface area contributed by atoms with Gasteiger partial charge >= 0.3 is 5.97 Å². The Labute approximate surface area is 189 Å². The summed E-state index contributed by atoms with van der Waals surface area (Å²) < 4.78 is 4.98. The van der Waals surface area contributed by atoms with Gasteiger partial charge < -0.3 is 9.64 Å². The largest absolute Gasteiger partial charge is 0.459 e. The van der Waals surface area contributed by atoms with Crippen LogP contribution in [0.4, 0.5) is 0 Å². The molecule has 0 saturated heterocycles. The van der Waals surface area contributed by atoms with Crippen LogP contribution in [0.1, 0.15) is 92.1 Å². The van der Waals surface area contributed by atoms with Gasteiger partial charge in [0, 0.05) is 17.5 Å². The highest BCUT2D eigenvalue weighted by Crippen LogP contribution is 2.34. The molecular weight excluding hydrogens is 390 g/mol. The molecular formula is C26H43NO2S. The van der Waals surface area contributed by atoms with Crippen molar-refractivity contribution in [3.8, 4) is 0 Å². The number of carbonyl (C=O) groups excluding carboxylic acids is 1. The number of ether oxygens (including phenoxy) is 1. The van der Waals surface area contributed by atoms with Gasteiger partial charge in [0.05, 0.1) is 0 Å². The van der Waals surface area contributed by atoms with E-state index in [-0.39, 0.29) is 5.97 Å². The quantitative estimate of drug-likeness (QED) is 0.297. The van der Waals surface area contributed by atoms with Gasteiger partial charge in [0.15, 0.2) is 0 Å². The van der Waals surface area contributed by atoms with Crippen LogP contribution in [0.25, 0.3) is 0 Å². The van der Waals surface area contributed by atoms with Crippen LogP contribution in [-0.4, -0.2) is 40.3 Å². The number of esters is 1. The van der Waals surface area contributed by atoms with E-state index >= 15 is 0 Å². The van der Waals surface area contributed by atoms with Gasteiger partial charge in [-0.25, -0.2) is 0 Å². The van der Waals surface area contributed by atoms with Crippen molar-refractivity contribution in [2.75, 3.05) is 13.1 Å². The third kappa shape index (κ3) is 8.63. The topological polar surface area (TPSA) is 29.5 Å². The highest BCUT2D eigenvalue weighted by Gasteiger charge is 2.33. The molecule has 170 valence electrons. The van der Waals surface area contributed by atoms with E-state index in [1.807, 2.05) is 34.6 Å². The Balaban J connectivity index is 1.91. The van der Waals surface area contributed by atoms with Crippen molar-refractivity contribution < 1.29 is 9.53 Å². The SMILES string of the molecule is CCCCN(CCc1ccc(SC(C)(C)C(=O)OC(C)(C)C)cc1)C1CCCCC1. The van der Waals surface area contributed by atoms with Gasteiger partial charge in [-0.1, -0.05) is 44.7 Å². The minimum atomic E-state index is -0.604. The Morgan fingerprint density at radius 1 is 1.03 bits per heavy atom. The molecule has 1 aromatic rings. The van der Waals surface area contributed by atoms with Gasteiger partial charge in [-0.3, -0.25) is 4.79 Å². The third-order valence-electron chi connectivity index (χ3n) is 5.76. The van der Waals surface area contributed by atoms with Crippen LogP contribution in [0, 0.1) is 0 Å². The second-order valence-electron chi connectivity index (χ2n) is 10.2. The van der Waals surface area contributed by atoms with Crippen LogP contribution in [-0.2, 0) is 16.0 Å². The number of hydrogen-bond donors (Lipinski definition) is 0. The van der Waals surface area contributed by atoms with Crippen molar-refractivity contribution >= 4 is 17.7 Å². The van der Waals surface area contributed by atoms with E-state index < -0.39 is 10.3 Å². The maximum atomic E-state index is 12.5. The number of unbranched alkanes of at least 4 members (excludes halogenated alkanes) is 1. The summed E-state index contributed by atoms with van der Waals surface area (Å²) >= 11 is 1.58. The molecule has 1 saturated carbocycles. The van der Waals surface area contributed by atoms with Gasteiger partial charge in [0.2, 0.25) is 0 Å². The normalized spacial score (nSPS) is 16.1. The van der Waals surface area contributed by atoms with Gasteiger partial charge in [-0.15, -0.1) is 11.8 Å². The first-order valence-electron chi connectivity index (χ1n) is 11.9. The maximum absolute atomic E-state index is 12.5. The van der Waals surface area contributed by atoms with E-state index in [0.717, 1.165) is 23.9 Å². The first-order valence-corrected chi connectivity index (χ1v) is 12.7. The fourth-order valence-electron chi connectivity index (χ4n) is 4.02. The summed E-state index contributed by atoms with van der Waals surface area (Å²) in [4.78, 5) is 16.4. The van der Waals surface area contributed by atoms with Crippen LogP contribution < -0.4 is 0 Å². The van der Waals surface area contributed by atoms with E-state index in [0.29, 0.717) is 0 Å². The van der Waals surface area contributed by atoms with Crippen LogP contribution in [0.15, 0.2) is 29.2 Å². The van der Waals surface area contributed by atoms with Crippen LogP contribution >= 0.6 is 11.8 Å². The van der Waals surface area contributed by atoms with Gasteiger partial charge in [0.1, 0.15) is 10.3 Å². The second-order valence-corrected chi connectivity index (χ2v) is 11.9. The fourth-order valence-corrected chi connectivity index (χ4v) is 5.00. The Morgan fingerprint density at radius 2 is 1.67 bits per heavy atom. The zero-order valence-corrected chi connectivity index (χ0v) is 20.9. The Kier molecular flexibility index (Phi) is 9.74. The lowest BCUT2D eigenvalue weighted by Crippen LogP contribution is -2.38. The average Bonchev–Trinajstić information content (AvgIpc) is 2.68. The zero-order chi connectivity index (χ0) is 22.2. The van der Waals surface area contributed by atoms with Gasteiger partial charge in [0.25, 0.3) is 0 Å². The second kappa shape index (κ2) is 11.6. The van der Waals surface area contributed by atoms with E-state index in [4.69, 9.17) is 4.74 Å². The molecule has 0 aliphatic heterocycles. The molecule has 0 amide bonds. The Morgan fingerprint density at radius 3 is 2.23 bits per heavy atom. The molecule has 1 aliphatic rings. The average molecular weight is 434 g/mol. The molecule has 0 spiro atoms. The predicted molar refractivity (Wildman–Crippen MR) is 129 cm³/mol. The predicted octanol–water partition coefficient (Wildman–Crippen LogP) is 6.88. The summed E-state index contributed by atoms with van der Waals surface area (Å²) in [7, 11) is 0. The van der Waals surface area contributed by atoms with E-state index in [2.05, 4.69) is 36.1 Å². The standard InChI is InChI=1S/C26H43NO2S/c1-7-8-19-27(22-12-10-9-11-13-22)20-18-21-14-16-23(17-15-21)30-26(5,6)24(28)29-25(2,3)4/h14-17,22H,7-13,18-20H2,1-6H3. The van der Waals surface area contributed by atoms with Gasteiger partial charge in [-0.05, 0) is 84.5 Å². The lowest BCUT2D eigenvalue weighted by molar-refractivity contribution is -0.156. The molecule has 4 heteroatoms. The molecule has 0 bridgehead atoms. The molecule has 30 heavy (non-hydrogen) atoms. The van der Waals surface area contributed by atoms with Crippen molar-refractivity contribution in [1.29, 1.82) is 0 Å². The number of hydrogen-bond acceptors (Lipinski definition) is 4. The molecule has 0 radical (unpaired) electrons. The van der Waals surface area contributed by atoms with Crippen molar-refractivity contribution in [2.24, 2.45) is 0 Å². The first kappa shape index (κ1) is 25.3. The number of benzene rings is 1.